The molecule has 1 N–H and O–H groups in total. The van der Waals surface area contributed by atoms with Crippen LogP contribution in [-0.2, 0) is 4.79 Å². The summed E-state index contributed by atoms with van der Waals surface area (Å²) in [5, 5.41) is 3.42. The number of rotatable bonds is 2. The second kappa shape index (κ2) is 5.83. The van der Waals surface area contributed by atoms with E-state index in [9.17, 15) is 4.79 Å². The van der Waals surface area contributed by atoms with Gasteiger partial charge in [0.25, 0.3) is 0 Å². The zero-order valence-electron chi connectivity index (χ0n) is 11.1. The summed E-state index contributed by atoms with van der Waals surface area (Å²) >= 11 is 0. The molecule has 0 saturated carbocycles. The van der Waals surface area contributed by atoms with Crippen LogP contribution >= 0.6 is 0 Å². The van der Waals surface area contributed by atoms with Crippen molar-refractivity contribution in [2.45, 2.75) is 32.7 Å². The van der Waals surface area contributed by atoms with Crippen molar-refractivity contribution in [3.63, 3.8) is 0 Å². The summed E-state index contributed by atoms with van der Waals surface area (Å²) in [7, 11) is 0. The van der Waals surface area contributed by atoms with Gasteiger partial charge in [-0.2, -0.15) is 0 Å². The van der Waals surface area contributed by atoms with Gasteiger partial charge in [-0.1, -0.05) is 0 Å². The van der Waals surface area contributed by atoms with Gasteiger partial charge in [-0.3, -0.25) is 9.69 Å². The Kier molecular flexibility index (Phi) is 4.40. The van der Waals surface area contributed by atoms with Crippen molar-refractivity contribution < 1.29 is 4.79 Å². The molecule has 0 bridgehead atoms. The Hall–Kier alpha value is -0.610. The minimum Gasteiger partial charge on any atom is -0.340 e. The molecule has 1 atom stereocenters. The Morgan fingerprint density at radius 1 is 1.18 bits per heavy atom. The predicted octanol–water partition coefficient (Wildman–Crippen LogP) is 0.539. The number of nitrogens with zero attached hydrogens (tertiary/aromatic N) is 2. The molecule has 98 valence electrons. The topological polar surface area (TPSA) is 35.6 Å². The van der Waals surface area contributed by atoms with E-state index < -0.39 is 0 Å². The van der Waals surface area contributed by atoms with E-state index >= 15 is 0 Å². The van der Waals surface area contributed by atoms with Crippen LogP contribution in [0.1, 0.15) is 26.7 Å². The molecule has 0 aromatic carbocycles. The standard InChI is InChI=1S/C13H25N3O/c1-11(13-3-5-14-6-4-13)15-7-9-16(10-8-15)12(2)17/h11,13-14H,3-10H2,1-2H3. The van der Waals surface area contributed by atoms with Crippen LogP contribution in [0.15, 0.2) is 0 Å². The van der Waals surface area contributed by atoms with Crippen LogP contribution in [-0.4, -0.2) is 61.0 Å². The largest absolute Gasteiger partial charge is 0.340 e. The molecule has 0 spiro atoms. The van der Waals surface area contributed by atoms with Crippen LogP contribution in [0.2, 0.25) is 0 Å². The number of hydrogen-bond acceptors (Lipinski definition) is 3. The quantitative estimate of drug-likeness (QED) is 0.764. The molecule has 0 aromatic heterocycles. The zero-order valence-corrected chi connectivity index (χ0v) is 11.1. The normalized spacial score (nSPS) is 25.9. The van der Waals surface area contributed by atoms with Crippen LogP contribution in [0.25, 0.3) is 0 Å². The lowest BCUT2D eigenvalue weighted by Gasteiger charge is -2.41. The van der Waals surface area contributed by atoms with E-state index in [1.165, 1.54) is 25.9 Å². The Balaban J connectivity index is 1.81. The molecule has 2 heterocycles. The molecule has 1 amide bonds. The van der Waals surface area contributed by atoms with E-state index in [2.05, 4.69) is 17.1 Å². The van der Waals surface area contributed by atoms with Crippen LogP contribution in [0.3, 0.4) is 0 Å². The highest BCUT2D eigenvalue weighted by molar-refractivity contribution is 5.73. The molecule has 2 aliphatic rings. The van der Waals surface area contributed by atoms with Gasteiger partial charge < -0.3 is 10.2 Å². The van der Waals surface area contributed by atoms with Gasteiger partial charge in [0, 0.05) is 39.1 Å². The lowest BCUT2D eigenvalue weighted by atomic mass is 9.90. The molecule has 0 radical (unpaired) electrons. The van der Waals surface area contributed by atoms with Crippen molar-refractivity contribution >= 4 is 5.91 Å². The van der Waals surface area contributed by atoms with Gasteiger partial charge in [-0.25, -0.2) is 0 Å². The van der Waals surface area contributed by atoms with E-state index in [1.807, 2.05) is 4.90 Å². The van der Waals surface area contributed by atoms with Crippen LogP contribution in [0, 0.1) is 5.92 Å². The summed E-state index contributed by atoms with van der Waals surface area (Å²) in [5.74, 6) is 1.05. The molecule has 2 fully saturated rings. The first kappa shape index (κ1) is 12.8. The highest BCUT2D eigenvalue weighted by atomic mass is 16.2. The molecule has 0 aliphatic carbocycles. The smallest absolute Gasteiger partial charge is 0.219 e. The molecular formula is C13H25N3O. The summed E-state index contributed by atoms with van der Waals surface area (Å²) in [6.45, 7) is 10.3. The summed E-state index contributed by atoms with van der Waals surface area (Å²) in [4.78, 5) is 15.8. The molecule has 2 saturated heterocycles. The number of carbonyl (C=O) groups excluding carboxylic acids is 1. The number of piperidine rings is 1. The van der Waals surface area contributed by atoms with Gasteiger partial charge in [-0.15, -0.1) is 0 Å². The summed E-state index contributed by atoms with van der Waals surface area (Å²) in [6, 6.07) is 0.672. The van der Waals surface area contributed by atoms with E-state index in [1.54, 1.807) is 6.92 Å². The second-order valence-electron chi connectivity index (χ2n) is 5.37. The fraction of sp³-hybridized carbons (Fsp3) is 0.923. The number of amides is 1. The summed E-state index contributed by atoms with van der Waals surface area (Å²) in [6.07, 6.45) is 2.60. The van der Waals surface area contributed by atoms with Gasteiger partial charge in [-0.05, 0) is 38.8 Å². The Labute approximate surface area is 104 Å². The van der Waals surface area contributed by atoms with Crippen molar-refractivity contribution in [3.05, 3.63) is 0 Å². The Morgan fingerprint density at radius 2 is 1.76 bits per heavy atom. The van der Waals surface area contributed by atoms with Gasteiger partial charge in [0.1, 0.15) is 0 Å². The lowest BCUT2D eigenvalue weighted by Crippen LogP contribution is -2.53. The van der Waals surface area contributed by atoms with Gasteiger partial charge in [0.2, 0.25) is 5.91 Å². The Morgan fingerprint density at radius 3 is 2.29 bits per heavy atom. The van der Waals surface area contributed by atoms with E-state index in [0.717, 1.165) is 32.1 Å². The highest BCUT2D eigenvalue weighted by Gasteiger charge is 2.28. The summed E-state index contributed by atoms with van der Waals surface area (Å²) < 4.78 is 0. The molecule has 2 rings (SSSR count). The second-order valence-corrected chi connectivity index (χ2v) is 5.37. The van der Waals surface area contributed by atoms with Crippen molar-refractivity contribution in [3.8, 4) is 0 Å². The van der Waals surface area contributed by atoms with E-state index in [-0.39, 0.29) is 5.91 Å². The van der Waals surface area contributed by atoms with Crippen LogP contribution in [0.4, 0.5) is 0 Å². The van der Waals surface area contributed by atoms with Gasteiger partial charge in [0.15, 0.2) is 0 Å². The van der Waals surface area contributed by atoms with E-state index in [4.69, 9.17) is 0 Å². The number of carbonyl (C=O) groups is 1. The predicted molar refractivity (Wildman–Crippen MR) is 68.9 cm³/mol. The Bertz CT molecular complexity index is 255. The van der Waals surface area contributed by atoms with Crippen molar-refractivity contribution in [2.24, 2.45) is 5.92 Å². The third-order valence-corrected chi connectivity index (χ3v) is 4.40. The van der Waals surface area contributed by atoms with Gasteiger partial charge >= 0.3 is 0 Å². The molecule has 4 nitrogen and oxygen atoms in total. The maximum absolute atomic E-state index is 11.3. The molecule has 4 heteroatoms. The first-order valence-corrected chi connectivity index (χ1v) is 6.89. The number of piperazine rings is 1. The fourth-order valence-electron chi connectivity index (χ4n) is 3.07. The fourth-order valence-corrected chi connectivity index (χ4v) is 3.07. The average molecular weight is 239 g/mol. The SMILES string of the molecule is CC(=O)N1CCN(C(C)C2CCNCC2)CC1. The molecule has 0 aromatic rings. The third-order valence-electron chi connectivity index (χ3n) is 4.40. The third kappa shape index (κ3) is 3.19. The molecule has 2 aliphatic heterocycles. The monoisotopic (exact) mass is 239 g/mol. The van der Waals surface area contributed by atoms with Crippen LogP contribution in [0.5, 0.6) is 0 Å². The van der Waals surface area contributed by atoms with E-state index in [0.29, 0.717) is 6.04 Å². The maximum Gasteiger partial charge on any atom is 0.219 e. The molecular weight excluding hydrogens is 214 g/mol. The first-order valence-electron chi connectivity index (χ1n) is 6.89. The highest BCUT2D eigenvalue weighted by Crippen LogP contribution is 2.21. The molecule has 17 heavy (non-hydrogen) atoms. The first-order chi connectivity index (χ1) is 8.18. The maximum atomic E-state index is 11.3. The van der Waals surface area contributed by atoms with Crippen molar-refractivity contribution in [2.75, 3.05) is 39.3 Å². The van der Waals surface area contributed by atoms with Gasteiger partial charge in [0.05, 0.1) is 0 Å². The zero-order chi connectivity index (χ0) is 12.3. The minimum atomic E-state index is 0.221. The van der Waals surface area contributed by atoms with Crippen LogP contribution < -0.4 is 5.32 Å². The van der Waals surface area contributed by atoms with Crippen molar-refractivity contribution in [1.29, 1.82) is 0 Å². The lowest BCUT2D eigenvalue weighted by molar-refractivity contribution is -0.131. The number of nitrogens with one attached hydrogen (secondary N) is 1. The molecule has 1 unspecified atom stereocenters. The number of hydrogen-bond donors (Lipinski definition) is 1. The minimum absolute atomic E-state index is 0.221. The summed E-state index contributed by atoms with van der Waals surface area (Å²) in [5.41, 5.74) is 0. The van der Waals surface area contributed by atoms with Crippen molar-refractivity contribution in [1.82, 2.24) is 15.1 Å². The average Bonchev–Trinajstić information content (AvgIpc) is 2.39.